The monoisotopic (exact) mass is 1110 g/mol. The van der Waals surface area contributed by atoms with Gasteiger partial charge in [-0.05, 0) is 57.8 Å². The molecule has 0 fully saturated rings. The van der Waals surface area contributed by atoms with E-state index >= 15 is 0 Å². The molecule has 0 aliphatic carbocycles. The summed E-state index contributed by atoms with van der Waals surface area (Å²) >= 11 is 0. The lowest BCUT2D eigenvalue weighted by Crippen LogP contribution is -2.45. The Hall–Kier alpha value is -1.65. The summed E-state index contributed by atoms with van der Waals surface area (Å²) in [6.07, 6.45) is 99.3. The Morgan fingerprint density at radius 1 is 0.304 bits per heavy atom. The van der Waals surface area contributed by atoms with Crippen molar-refractivity contribution in [3.05, 3.63) is 48.6 Å². The van der Waals surface area contributed by atoms with Crippen molar-refractivity contribution in [2.24, 2.45) is 0 Å². The Labute approximate surface area is 496 Å². The highest BCUT2D eigenvalue weighted by molar-refractivity contribution is 5.76. The van der Waals surface area contributed by atoms with Crippen LogP contribution in [-0.4, -0.2) is 34.9 Å². The van der Waals surface area contributed by atoms with Crippen molar-refractivity contribution in [1.29, 1.82) is 0 Å². The number of hydrogen-bond acceptors (Lipinski definition) is 3. The molecule has 1 amide bonds. The minimum Gasteiger partial charge on any atom is -0.394 e. The van der Waals surface area contributed by atoms with E-state index in [1.807, 2.05) is 6.08 Å². The zero-order valence-corrected chi connectivity index (χ0v) is 53.9. The summed E-state index contributed by atoms with van der Waals surface area (Å²) in [5.41, 5.74) is 0. The quantitative estimate of drug-likeness (QED) is 0.0420. The van der Waals surface area contributed by atoms with Crippen LogP contribution < -0.4 is 5.32 Å². The molecule has 0 rings (SSSR count). The van der Waals surface area contributed by atoms with Crippen LogP contribution >= 0.6 is 0 Å². The summed E-state index contributed by atoms with van der Waals surface area (Å²) in [5, 5.41) is 23.3. The molecule has 2 unspecified atom stereocenters. The largest absolute Gasteiger partial charge is 0.394 e. The molecule has 0 saturated heterocycles. The van der Waals surface area contributed by atoms with Crippen LogP contribution in [0.1, 0.15) is 406 Å². The Balaban J connectivity index is 3.40. The molecule has 0 spiro atoms. The summed E-state index contributed by atoms with van der Waals surface area (Å²) in [4.78, 5) is 12.5. The number of carbonyl (C=O) groups excluding carboxylic acids is 1. The highest BCUT2D eigenvalue weighted by atomic mass is 16.3. The zero-order valence-electron chi connectivity index (χ0n) is 53.9. The van der Waals surface area contributed by atoms with Crippen molar-refractivity contribution in [2.75, 3.05) is 6.61 Å². The maximum absolute atomic E-state index is 12.5. The van der Waals surface area contributed by atoms with Crippen molar-refractivity contribution >= 4 is 5.91 Å². The lowest BCUT2D eigenvalue weighted by Gasteiger charge is -2.20. The van der Waals surface area contributed by atoms with Crippen LogP contribution in [0.25, 0.3) is 0 Å². The van der Waals surface area contributed by atoms with Crippen LogP contribution in [0.5, 0.6) is 0 Å². The molecule has 79 heavy (non-hydrogen) atoms. The van der Waals surface area contributed by atoms with Gasteiger partial charge in [-0.2, -0.15) is 0 Å². The van der Waals surface area contributed by atoms with Crippen LogP contribution in [-0.2, 0) is 4.79 Å². The number of amides is 1. The molecule has 0 aromatic rings. The highest BCUT2D eigenvalue weighted by Gasteiger charge is 2.18. The topological polar surface area (TPSA) is 69.6 Å². The van der Waals surface area contributed by atoms with Gasteiger partial charge in [0.05, 0.1) is 18.8 Å². The third-order valence-corrected chi connectivity index (χ3v) is 17.1. The molecule has 0 radical (unpaired) electrons. The van der Waals surface area contributed by atoms with E-state index in [1.54, 1.807) is 6.08 Å². The fourth-order valence-electron chi connectivity index (χ4n) is 11.5. The molecule has 4 nitrogen and oxygen atoms in total. The van der Waals surface area contributed by atoms with Crippen LogP contribution in [0, 0.1) is 0 Å². The van der Waals surface area contributed by atoms with Gasteiger partial charge in [0, 0.05) is 6.42 Å². The van der Waals surface area contributed by atoms with Crippen molar-refractivity contribution < 1.29 is 15.0 Å². The first-order valence-corrected chi connectivity index (χ1v) is 36.4. The van der Waals surface area contributed by atoms with E-state index in [4.69, 9.17) is 0 Å². The minimum atomic E-state index is -0.840. The summed E-state index contributed by atoms with van der Waals surface area (Å²) in [6.45, 7) is 4.34. The Kier molecular flexibility index (Phi) is 69.1. The Morgan fingerprint density at radius 3 is 0.772 bits per heavy atom. The third kappa shape index (κ3) is 67.0. The summed E-state index contributed by atoms with van der Waals surface area (Å²) < 4.78 is 0. The SMILES string of the molecule is CCCCCCC/C=C\C/C=C\C/C=C\CCCCCCCCCCCCCCCCCCCCCCCCCCCCC(=O)NC(CO)C(O)/C=C/CCCCCCCCCCCCCCCCCCCCCCCCCC. The van der Waals surface area contributed by atoms with E-state index in [1.165, 1.54) is 347 Å². The molecule has 0 aromatic carbocycles. The molecule has 0 heterocycles. The molecule has 0 saturated carbocycles. The average molecular weight is 1110 g/mol. The number of rotatable bonds is 68. The first-order chi connectivity index (χ1) is 39.2. The van der Waals surface area contributed by atoms with Gasteiger partial charge in [0.15, 0.2) is 0 Å². The van der Waals surface area contributed by atoms with Gasteiger partial charge in [-0.3, -0.25) is 4.79 Å². The van der Waals surface area contributed by atoms with E-state index in [9.17, 15) is 15.0 Å². The molecule has 0 aromatic heterocycles. The molecule has 0 aliphatic rings. The number of aliphatic hydroxyl groups is 2. The van der Waals surface area contributed by atoms with Gasteiger partial charge in [-0.25, -0.2) is 0 Å². The predicted octanol–water partition coefficient (Wildman–Crippen LogP) is 24.9. The minimum absolute atomic E-state index is 0.0552. The lowest BCUT2D eigenvalue weighted by atomic mass is 10.0. The maximum Gasteiger partial charge on any atom is 0.220 e. The molecular formula is C75H143NO3. The molecule has 4 heteroatoms. The lowest BCUT2D eigenvalue weighted by molar-refractivity contribution is -0.123. The van der Waals surface area contributed by atoms with Crippen molar-refractivity contribution in [2.45, 2.75) is 418 Å². The number of allylic oxidation sites excluding steroid dienone is 7. The number of unbranched alkanes of at least 4 members (excludes halogenated alkanes) is 55. The van der Waals surface area contributed by atoms with Gasteiger partial charge in [0.2, 0.25) is 5.91 Å². The average Bonchev–Trinajstić information content (AvgIpc) is 3.45. The van der Waals surface area contributed by atoms with Crippen molar-refractivity contribution in [1.82, 2.24) is 5.32 Å². The van der Waals surface area contributed by atoms with Gasteiger partial charge in [0.25, 0.3) is 0 Å². The van der Waals surface area contributed by atoms with Crippen LogP contribution in [0.4, 0.5) is 0 Å². The zero-order chi connectivity index (χ0) is 56.9. The Bertz CT molecular complexity index is 1250. The van der Waals surface area contributed by atoms with E-state index in [-0.39, 0.29) is 12.5 Å². The normalized spacial score (nSPS) is 12.9. The van der Waals surface area contributed by atoms with Crippen molar-refractivity contribution in [3.63, 3.8) is 0 Å². The second kappa shape index (κ2) is 70.6. The molecule has 3 N–H and O–H groups in total. The smallest absolute Gasteiger partial charge is 0.220 e. The molecule has 0 aliphatic heterocycles. The van der Waals surface area contributed by atoms with Crippen LogP contribution in [0.15, 0.2) is 48.6 Å². The van der Waals surface area contributed by atoms with E-state index < -0.39 is 12.1 Å². The number of carbonyl (C=O) groups is 1. The summed E-state index contributed by atoms with van der Waals surface area (Å²) in [6, 6.07) is -0.622. The standard InChI is InChI=1S/C75H143NO3/c1-3-5-7-9-11-13-15-17-19-21-23-25-27-29-31-32-33-34-35-36-37-38-39-40-41-42-43-44-45-47-49-51-53-55-57-59-61-63-65-67-69-71-75(79)76-73(72-77)74(78)70-68-66-64-62-60-58-56-54-52-50-48-46-30-28-26-24-22-20-18-16-14-12-10-8-6-4-2/h15,17,21,23,27,29,68,70,73-74,77-78H,3-14,16,18-20,22,24-26,28,30-67,69,71-72H2,1-2H3,(H,76,79)/b17-15-,23-21-,29-27-,70-68+. The van der Waals surface area contributed by atoms with E-state index in [0.29, 0.717) is 6.42 Å². The molecule has 2 atom stereocenters. The number of hydrogen-bond donors (Lipinski definition) is 3. The number of nitrogens with one attached hydrogen (secondary N) is 1. The van der Waals surface area contributed by atoms with E-state index in [0.717, 1.165) is 38.5 Å². The van der Waals surface area contributed by atoms with Crippen LogP contribution in [0.2, 0.25) is 0 Å². The van der Waals surface area contributed by atoms with Gasteiger partial charge >= 0.3 is 0 Å². The highest BCUT2D eigenvalue weighted by Crippen LogP contribution is 2.19. The van der Waals surface area contributed by atoms with Gasteiger partial charge in [-0.15, -0.1) is 0 Å². The second-order valence-electron chi connectivity index (χ2n) is 25.0. The van der Waals surface area contributed by atoms with E-state index in [2.05, 4.69) is 55.6 Å². The maximum atomic E-state index is 12.5. The summed E-state index contributed by atoms with van der Waals surface area (Å²) in [5.74, 6) is -0.0552. The van der Waals surface area contributed by atoms with Gasteiger partial charge in [-0.1, -0.05) is 390 Å². The first kappa shape index (κ1) is 77.3. The first-order valence-electron chi connectivity index (χ1n) is 36.4. The fourth-order valence-corrected chi connectivity index (χ4v) is 11.5. The fraction of sp³-hybridized carbons (Fsp3) is 0.880. The van der Waals surface area contributed by atoms with Crippen LogP contribution in [0.3, 0.4) is 0 Å². The van der Waals surface area contributed by atoms with Crippen molar-refractivity contribution in [3.8, 4) is 0 Å². The molecular weight excluding hydrogens is 963 g/mol. The second-order valence-corrected chi connectivity index (χ2v) is 25.0. The number of aliphatic hydroxyl groups excluding tert-OH is 2. The Morgan fingerprint density at radius 2 is 0.519 bits per heavy atom. The van der Waals surface area contributed by atoms with Gasteiger partial charge in [0.1, 0.15) is 0 Å². The third-order valence-electron chi connectivity index (χ3n) is 17.1. The predicted molar refractivity (Wildman–Crippen MR) is 355 cm³/mol. The van der Waals surface area contributed by atoms with Gasteiger partial charge < -0.3 is 15.5 Å². The molecule has 0 bridgehead atoms. The molecule has 466 valence electrons. The summed E-state index contributed by atoms with van der Waals surface area (Å²) in [7, 11) is 0.